The van der Waals surface area contributed by atoms with Crippen molar-refractivity contribution in [1.29, 1.82) is 0 Å². The van der Waals surface area contributed by atoms with E-state index in [-0.39, 0.29) is 65.2 Å². The Morgan fingerprint density at radius 3 is 2.54 bits per heavy atom. The molecule has 6 bridgehead atoms. The molecule has 2 saturated carbocycles. The number of thiazole rings is 1. The third-order valence-corrected chi connectivity index (χ3v) is 17.6. The van der Waals surface area contributed by atoms with E-state index < -0.39 is 23.5 Å². The van der Waals surface area contributed by atoms with Crippen LogP contribution in [0.3, 0.4) is 0 Å². The Balaban J connectivity index is 1.08. The summed E-state index contributed by atoms with van der Waals surface area (Å²) in [5.41, 5.74) is 10.3. The largest absolute Gasteiger partial charge is 0.464 e. The topological polar surface area (TPSA) is 143 Å². The van der Waals surface area contributed by atoms with Crippen molar-refractivity contribution in [2.24, 2.45) is 28.6 Å². The molecule has 2 spiro atoms. The number of likely N-dealkylation sites (tertiary alicyclic amines) is 2. The number of carbonyl (C=O) groups is 3. The van der Waals surface area contributed by atoms with Gasteiger partial charge in [-0.2, -0.15) is 0 Å². The van der Waals surface area contributed by atoms with E-state index >= 15 is 4.79 Å². The first kappa shape index (κ1) is 43.3. The number of carbonyl (C=O) groups excluding carboxylic acids is 3. The van der Waals surface area contributed by atoms with Crippen LogP contribution >= 0.6 is 11.3 Å². The van der Waals surface area contributed by atoms with Crippen molar-refractivity contribution < 1.29 is 28.6 Å². The number of hydrogen-bond donors (Lipinski definition) is 2. The smallest absolute Gasteiger partial charge is 0.324 e. The Bertz CT molecular complexity index is 2530. The second-order valence-corrected chi connectivity index (χ2v) is 22.5. The maximum atomic E-state index is 15.1. The highest BCUT2D eigenvalue weighted by Gasteiger charge is 2.57. The quantitative estimate of drug-likeness (QED) is 0.201. The molecule has 2 N–H and O–H groups in total. The lowest BCUT2D eigenvalue weighted by Gasteiger charge is -2.63. The van der Waals surface area contributed by atoms with Crippen LogP contribution in [0.2, 0.25) is 0 Å². The van der Waals surface area contributed by atoms with Gasteiger partial charge in [0.1, 0.15) is 17.1 Å². The number of likely N-dealkylation sites (N-methyl/N-ethyl adjacent to an activating group) is 1. The van der Waals surface area contributed by atoms with Gasteiger partial charge in [-0.25, -0.2) is 10.4 Å². The number of pyridine rings is 1. The summed E-state index contributed by atoms with van der Waals surface area (Å²) < 4.78 is 20.5. The fourth-order valence-corrected chi connectivity index (χ4v) is 13.1. The van der Waals surface area contributed by atoms with Crippen LogP contribution in [0.15, 0.2) is 41.9 Å². The number of cyclic esters (lactones) is 1. The third-order valence-electron chi connectivity index (χ3n) is 16.6. The molecule has 7 atom stereocenters. The van der Waals surface area contributed by atoms with Crippen LogP contribution in [0.1, 0.15) is 101 Å². The van der Waals surface area contributed by atoms with Crippen molar-refractivity contribution in [3.63, 3.8) is 0 Å². The number of benzene rings is 1. The number of hydrazine groups is 1. The summed E-state index contributed by atoms with van der Waals surface area (Å²) in [5, 5.41) is 8.91. The first-order valence-electron chi connectivity index (χ1n) is 23.9. The van der Waals surface area contributed by atoms with Gasteiger partial charge in [-0.15, -0.1) is 11.3 Å². The molecule has 14 nitrogen and oxygen atoms in total. The summed E-state index contributed by atoms with van der Waals surface area (Å²) >= 11 is 1.55. The maximum absolute atomic E-state index is 15.1. The Hall–Kier alpha value is -4.25. The van der Waals surface area contributed by atoms with Crippen LogP contribution < -0.4 is 10.7 Å². The number of fused-ring (bicyclic) bond motifs is 6. The van der Waals surface area contributed by atoms with Gasteiger partial charge in [0.25, 0.3) is 5.91 Å². The zero-order valence-electron chi connectivity index (χ0n) is 38.9. The lowest BCUT2D eigenvalue weighted by molar-refractivity contribution is -0.173. The molecule has 7 aliphatic rings. The van der Waals surface area contributed by atoms with Gasteiger partial charge in [-0.05, 0) is 94.2 Å². The minimum absolute atomic E-state index is 0.0580. The molecule has 8 heterocycles. The van der Waals surface area contributed by atoms with Crippen LogP contribution in [0, 0.1) is 28.6 Å². The van der Waals surface area contributed by atoms with Gasteiger partial charge in [0.05, 0.1) is 49.0 Å². The SMILES string of the molecule is CO[C@@H](C)c1ncccc1-c1c2c3cc(ccc3n1C1CC3(COC3)C1)-c1csc(n1)[C@@H](N1CC3(CCN3C)C1)[C@H](NC(=O)C1[C@@H](C)[C@H]1C)C(=O)N1CCC[C@H](N1)C(=O)OCC(C)(C)C2. The second-order valence-electron chi connectivity index (χ2n) is 21.6. The van der Waals surface area contributed by atoms with Gasteiger partial charge < -0.3 is 24.1 Å². The van der Waals surface area contributed by atoms with Crippen molar-refractivity contribution in [2.75, 3.05) is 60.2 Å². The van der Waals surface area contributed by atoms with Crippen LogP contribution in [0.25, 0.3) is 33.4 Å². The van der Waals surface area contributed by atoms with Gasteiger partial charge in [0.2, 0.25) is 5.91 Å². The van der Waals surface area contributed by atoms with E-state index in [0.717, 1.165) is 96.2 Å². The number of esters is 1. The molecule has 6 fully saturated rings. The zero-order valence-corrected chi connectivity index (χ0v) is 39.7. The summed E-state index contributed by atoms with van der Waals surface area (Å²) in [6.45, 7) is 15.4. The fraction of sp³-hybridized carbons (Fsp3) is 0.620. The van der Waals surface area contributed by atoms with Crippen LogP contribution in [-0.4, -0.2) is 125 Å². The average Bonchev–Trinajstić information content (AvgIpc) is 3.53. The highest BCUT2D eigenvalue weighted by atomic mass is 32.1. The van der Waals surface area contributed by atoms with E-state index in [0.29, 0.717) is 25.8 Å². The average molecular weight is 905 g/mol. The van der Waals surface area contributed by atoms with Crippen LogP contribution in [0.5, 0.6) is 0 Å². The Labute approximate surface area is 385 Å². The minimum Gasteiger partial charge on any atom is -0.464 e. The maximum Gasteiger partial charge on any atom is 0.324 e. The van der Waals surface area contributed by atoms with E-state index in [1.54, 1.807) is 23.5 Å². The molecule has 5 aliphatic heterocycles. The zero-order chi connectivity index (χ0) is 45.2. The third kappa shape index (κ3) is 7.25. The van der Waals surface area contributed by atoms with E-state index in [1.807, 2.05) is 19.2 Å². The Kier molecular flexibility index (Phi) is 10.6. The molecular formula is C50H64N8O6S. The number of amides is 2. The second kappa shape index (κ2) is 15.9. The predicted octanol–water partition coefficient (Wildman–Crippen LogP) is 6.32. The molecule has 4 aromatic rings. The lowest BCUT2D eigenvalue weighted by Crippen LogP contribution is -2.77. The first-order valence-corrected chi connectivity index (χ1v) is 24.7. The molecule has 2 aliphatic carbocycles. The van der Waals surface area contributed by atoms with Crippen molar-refractivity contribution in [1.82, 2.24) is 40.1 Å². The predicted molar refractivity (Wildman–Crippen MR) is 248 cm³/mol. The van der Waals surface area contributed by atoms with Crippen molar-refractivity contribution in [3.05, 3.63) is 58.2 Å². The normalized spacial score (nSPS) is 30.2. The summed E-state index contributed by atoms with van der Waals surface area (Å²) in [4.78, 5) is 58.5. The lowest BCUT2D eigenvalue weighted by atomic mass is 9.64. The number of nitrogens with zero attached hydrogens (tertiary/aromatic N) is 6. The molecule has 4 saturated heterocycles. The summed E-state index contributed by atoms with van der Waals surface area (Å²) in [5.74, 6) is -0.421. The number of ether oxygens (including phenoxy) is 3. The molecule has 1 aromatic carbocycles. The van der Waals surface area contributed by atoms with E-state index in [2.05, 4.69) is 89.5 Å². The van der Waals surface area contributed by atoms with Crippen LogP contribution in [0.4, 0.5) is 0 Å². The molecular weight excluding hydrogens is 841 g/mol. The number of methoxy groups -OCH3 is 1. The van der Waals surface area contributed by atoms with Crippen molar-refractivity contribution >= 4 is 40.0 Å². The highest BCUT2D eigenvalue weighted by Crippen LogP contribution is 2.56. The van der Waals surface area contributed by atoms with Gasteiger partial charge >= 0.3 is 5.97 Å². The molecule has 15 heteroatoms. The Morgan fingerprint density at radius 1 is 1.08 bits per heavy atom. The van der Waals surface area contributed by atoms with Gasteiger partial charge in [-0.1, -0.05) is 33.8 Å². The minimum atomic E-state index is -0.926. The molecule has 11 rings (SSSR count). The van der Waals surface area contributed by atoms with Gasteiger partial charge in [0.15, 0.2) is 0 Å². The molecule has 65 heavy (non-hydrogen) atoms. The van der Waals surface area contributed by atoms with Crippen molar-refractivity contribution in [2.45, 2.75) is 109 Å². The molecule has 346 valence electrons. The molecule has 1 unspecified atom stereocenters. The highest BCUT2D eigenvalue weighted by molar-refractivity contribution is 7.10. The number of rotatable bonds is 7. The van der Waals surface area contributed by atoms with E-state index in [1.165, 1.54) is 5.56 Å². The van der Waals surface area contributed by atoms with Crippen molar-refractivity contribution in [3.8, 4) is 22.5 Å². The van der Waals surface area contributed by atoms with Gasteiger partial charge in [0, 0.05) is 95.2 Å². The van der Waals surface area contributed by atoms with E-state index in [9.17, 15) is 9.59 Å². The Morgan fingerprint density at radius 2 is 1.86 bits per heavy atom. The summed E-state index contributed by atoms with van der Waals surface area (Å²) in [6.07, 6.45) is 6.54. The molecule has 0 radical (unpaired) electrons. The van der Waals surface area contributed by atoms with Crippen LogP contribution in [-0.2, 0) is 35.0 Å². The molecule has 3 aromatic heterocycles. The summed E-state index contributed by atoms with van der Waals surface area (Å²) in [7, 11) is 3.90. The van der Waals surface area contributed by atoms with Gasteiger partial charge in [-0.3, -0.25) is 34.2 Å². The summed E-state index contributed by atoms with van der Waals surface area (Å²) in [6, 6.07) is 9.04. The number of nitrogens with one attached hydrogen (secondary N) is 2. The standard InChI is InChI=1S/C50H64N8O6S/c1-28-29(2)39(28)44(59)53-41-43(56-23-50(24-56)14-17-55(50)6)45-52-37(22-65-45)31-12-13-38-34(18-31)35(21-48(4,5)25-64-47(61)36-11-9-16-57(54-36)46(41)60)42(33-10-8-15-51-40(33)30(3)62-7)58(38)32-19-49(20-32)26-63-27-49/h8,10,12-13,15,18,22,28-30,32,36,39,41,43,54H,9,11,14,16-17,19-21,23-27H2,1-7H3,(H,53,59)/t28-,29+,30-,36-,39?,41-,43-/m0/s1. The molecule has 2 amide bonds. The van der Waals surface area contributed by atoms with E-state index in [4.69, 9.17) is 24.2 Å². The fourth-order valence-electron chi connectivity index (χ4n) is 12.1. The number of aromatic nitrogens is 3. The first-order chi connectivity index (χ1) is 31.2. The monoisotopic (exact) mass is 904 g/mol. The number of hydrogen-bond acceptors (Lipinski definition) is 12.